The van der Waals surface area contributed by atoms with Crippen molar-refractivity contribution < 1.29 is 9.47 Å². The van der Waals surface area contributed by atoms with Gasteiger partial charge in [0.1, 0.15) is 0 Å². The van der Waals surface area contributed by atoms with Crippen molar-refractivity contribution in [3.05, 3.63) is 54.1 Å². The van der Waals surface area contributed by atoms with Gasteiger partial charge in [-0.3, -0.25) is 0 Å². The zero-order valence-corrected chi connectivity index (χ0v) is 16.2. The van der Waals surface area contributed by atoms with Crippen molar-refractivity contribution in [2.45, 2.75) is 18.1 Å². The van der Waals surface area contributed by atoms with Gasteiger partial charge in [0.05, 0.1) is 5.69 Å². The number of hydrogen-bond donors (Lipinski definition) is 1. The van der Waals surface area contributed by atoms with Crippen molar-refractivity contribution in [1.82, 2.24) is 25.5 Å². The van der Waals surface area contributed by atoms with Gasteiger partial charge in [-0.2, -0.15) is 4.68 Å². The maximum Gasteiger partial charge on any atom is 0.231 e. The number of para-hydroxylation sites is 1. The molecule has 0 fully saturated rings. The molecule has 2 heterocycles. The van der Waals surface area contributed by atoms with Crippen LogP contribution in [0.4, 0.5) is 0 Å². The fourth-order valence-electron chi connectivity index (χ4n) is 2.64. The average Bonchev–Trinajstić information content (AvgIpc) is 3.34. The summed E-state index contributed by atoms with van der Waals surface area (Å²) in [5, 5.41) is 16.2. The van der Waals surface area contributed by atoms with Crippen LogP contribution in [-0.4, -0.2) is 39.3 Å². The van der Waals surface area contributed by atoms with Crippen molar-refractivity contribution >= 4 is 24.2 Å². The van der Waals surface area contributed by atoms with Crippen LogP contribution in [0.2, 0.25) is 0 Å². The molecule has 0 spiro atoms. The quantitative estimate of drug-likeness (QED) is 0.456. The van der Waals surface area contributed by atoms with Gasteiger partial charge in [-0.1, -0.05) is 36.0 Å². The first-order valence-corrected chi connectivity index (χ1v) is 9.44. The van der Waals surface area contributed by atoms with Crippen LogP contribution in [0.15, 0.2) is 53.7 Å². The molecule has 142 valence electrons. The second-order valence-corrected chi connectivity index (χ2v) is 6.84. The Hall–Kier alpha value is -2.29. The van der Waals surface area contributed by atoms with E-state index in [4.69, 9.17) is 9.47 Å². The van der Waals surface area contributed by atoms with E-state index >= 15 is 0 Å². The summed E-state index contributed by atoms with van der Waals surface area (Å²) < 4.78 is 12.5. The number of nitrogens with zero attached hydrogens (tertiary/aromatic N) is 4. The van der Waals surface area contributed by atoms with Gasteiger partial charge in [0.25, 0.3) is 0 Å². The summed E-state index contributed by atoms with van der Waals surface area (Å²) in [5.41, 5.74) is 2.16. The Labute approximate surface area is 167 Å². The number of aromatic nitrogens is 4. The van der Waals surface area contributed by atoms with Crippen molar-refractivity contribution in [3.63, 3.8) is 0 Å². The topological polar surface area (TPSA) is 74.1 Å². The molecule has 9 heteroatoms. The number of ether oxygens (including phenoxy) is 2. The summed E-state index contributed by atoms with van der Waals surface area (Å²) in [6.07, 6.45) is 1.02. The van der Waals surface area contributed by atoms with Crippen LogP contribution in [-0.2, 0) is 6.54 Å². The molecule has 0 unspecified atom stereocenters. The lowest BCUT2D eigenvalue weighted by Crippen LogP contribution is -2.15. The molecular weight excluding hydrogens is 386 g/mol. The molecule has 0 aliphatic carbocycles. The first-order valence-electron chi connectivity index (χ1n) is 8.46. The lowest BCUT2D eigenvalue weighted by molar-refractivity contribution is 0.174. The lowest BCUT2D eigenvalue weighted by Gasteiger charge is -2.06. The molecule has 0 saturated carbocycles. The number of tetrazole rings is 1. The van der Waals surface area contributed by atoms with Gasteiger partial charge < -0.3 is 14.8 Å². The van der Waals surface area contributed by atoms with E-state index in [1.54, 1.807) is 16.4 Å². The van der Waals surface area contributed by atoms with Gasteiger partial charge in [0.15, 0.2) is 11.5 Å². The fourth-order valence-corrected chi connectivity index (χ4v) is 3.47. The molecule has 4 rings (SSSR count). The minimum atomic E-state index is 0. The summed E-state index contributed by atoms with van der Waals surface area (Å²) in [6.45, 7) is 2.04. The summed E-state index contributed by atoms with van der Waals surface area (Å²) in [7, 11) is 0. The van der Waals surface area contributed by atoms with Crippen LogP contribution in [0.1, 0.15) is 12.0 Å². The number of thioether (sulfide) groups is 1. The SMILES string of the molecule is Cl.c1ccc(-n2nnnc2SCCCNCc2ccc3c(c2)OCO3)cc1. The van der Waals surface area contributed by atoms with Crippen LogP contribution < -0.4 is 14.8 Å². The number of hydrogen-bond acceptors (Lipinski definition) is 7. The van der Waals surface area contributed by atoms with E-state index in [1.165, 1.54) is 5.56 Å². The van der Waals surface area contributed by atoms with E-state index in [2.05, 4.69) is 26.9 Å². The normalized spacial score (nSPS) is 12.0. The van der Waals surface area contributed by atoms with Crippen molar-refractivity contribution in [3.8, 4) is 17.2 Å². The Morgan fingerprint density at radius 3 is 2.81 bits per heavy atom. The summed E-state index contributed by atoms with van der Waals surface area (Å²) in [5.74, 6) is 2.59. The van der Waals surface area contributed by atoms with Gasteiger partial charge in [-0.15, -0.1) is 17.5 Å². The molecule has 0 saturated heterocycles. The highest BCUT2D eigenvalue weighted by Crippen LogP contribution is 2.32. The molecule has 0 radical (unpaired) electrons. The van der Waals surface area contributed by atoms with Crippen molar-refractivity contribution in [1.29, 1.82) is 0 Å². The molecule has 1 aromatic heterocycles. The smallest absolute Gasteiger partial charge is 0.231 e. The highest BCUT2D eigenvalue weighted by atomic mass is 35.5. The van der Waals surface area contributed by atoms with E-state index in [0.717, 1.165) is 47.6 Å². The zero-order valence-electron chi connectivity index (χ0n) is 14.6. The molecule has 1 aliphatic heterocycles. The molecule has 0 bridgehead atoms. The standard InChI is InChI=1S/C18H19N5O2S.ClH/c1-2-5-15(6-3-1)23-18(20-21-22-23)26-10-4-9-19-12-14-7-8-16-17(11-14)25-13-24-16;/h1-3,5-8,11,19H,4,9-10,12-13H2;1H. The molecule has 27 heavy (non-hydrogen) atoms. The first-order chi connectivity index (χ1) is 12.9. The fraction of sp³-hybridized carbons (Fsp3) is 0.278. The number of halogens is 1. The lowest BCUT2D eigenvalue weighted by atomic mass is 10.2. The van der Waals surface area contributed by atoms with Crippen molar-refractivity contribution in [2.75, 3.05) is 19.1 Å². The van der Waals surface area contributed by atoms with Gasteiger partial charge in [0, 0.05) is 12.3 Å². The minimum absolute atomic E-state index is 0. The molecule has 1 aliphatic rings. The van der Waals surface area contributed by atoms with Crippen LogP contribution in [0, 0.1) is 0 Å². The number of rotatable bonds is 8. The Bertz CT molecular complexity index is 862. The molecule has 3 aromatic rings. The largest absolute Gasteiger partial charge is 0.454 e. The predicted octanol–water partition coefficient (Wildman–Crippen LogP) is 3.08. The zero-order chi connectivity index (χ0) is 17.6. The predicted molar refractivity (Wildman–Crippen MR) is 106 cm³/mol. The Kier molecular flexibility index (Phi) is 6.92. The maximum absolute atomic E-state index is 5.40. The second-order valence-electron chi connectivity index (χ2n) is 5.78. The third kappa shape index (κ3) is 4.91. The molecule has 1 N–H and O–H groups in total. The number of benzene rings is 2. The molecule has 0 amide bonds. The van der Waals surface area contributed by atoms with Crippen LogP contribution >= 0.6 is 24.2 Å². The van der Waals surface area contributed by atoms with E-state index in [1.807, 2.05) is 42.5 Å². The second kappa shape index (κ2) is 9.59. The van der Waals surface area contributed by atoms with Crippen LogP contribution in [0.5, 0.6) is 11.5 Å². The average molecular weight is 406 g/mol. The van der Waals surface area contributed by atoms with E-state index in [0.29, 0.717) is 6.79 Å². The Morgan fingerprint density at radius 1 is 1.07 bits per heavy atom. The van der Waals surface area contributed by atoms with Crippen LogP contribution in [0.3, 0.4) is 0 Å². The molecular formula is C18H20ClN5O2S. The Morgan fingerprint density at radius 2 is 1.93 bits per heavy atom. The highest BCUT2D eigenvalue weighted by Gasteiger charge is 2.13. The first kappa shape index (κ1) is 19.5. The van der Waals surface area contributed by atoms with Gasteiger partial charge in [-0.25, -0.2) is 0 Å². The van der Waals surface area contributed by atoms with E-state index < -0.39 is 0 Å². The maximum atomic E-state index is 5.40. The molecule has 0 atom stereocenters. The molecule has 2 aromatic carbocycles. The van der Waals surface area contributed by atoms with E-state index in [-0.39, 0.29) is 12.4 Å². The summed E-state index contributed by atoms with van der Waals surface area (Å²) in [6, 6.07) is 16.0. The molecule has 7 nitrogen and oxygen atoms in total. The van der Waals surface area contributed by atoms with Gasteiger partial charge in [-0.05, 0) is 53.2 Å². The third-order valence-electron chi connectivity index (χ3n) is 3.94. The third-order valence-corrected chi connectivity index (χ3v) is 4.94. The number of fused-ring (bicyclic) bond motifs is 1. The van der Waals surface area contributed by atoms with Gasteiger partial charge >= 0.3 is 0 Å². The summed E-state index contributed by atoms with van der Waals surface area (Å²) in [4.78, 5) is 0. The van der Waals surface area contributed by atoms with Gasteiger partial charge in [0.2, 0.25) is 11.9 Å². The van der Waals surface area contributed by atoms with E-state index in [9.17, 15) is 0 Å². The highest BCUT2D eigenvalue weighted by molar-refractivity contribution is 7.99. The monoisotopic (exact) mass is 405 g/mol. The Balaban J connectivity index is 0.00000210. The summed E-state index contributed by atoms with van der Waals surface area (Å²) >= 11 is 1.66. The van der Waals surface area contributed by atoms with Crippen LogP contribution in [0.25, 0.3) is 5.69 Å². The van der Waals surface area contributed by atoms with Crippen molar-refractivity contribution in [2.24, 2.45) is 0 Å². The minimum Gasteiger partial charge on any atom is -0.454 e. The number of nitrogens with one attached hydrogen (secondary N) is 1.